The van der Waals surface area contributed by atoms with Crippen LogP contribution in [0, 0.1) is 46.8 Å². The number of hydrogen-bond acceptors (Lipinski definition) is 11. The molecule has 7 rings (SSSR count). The highest BCUT2D eigenvalue weighted by molar-refractivity contribution is 6.45. The third kappa shape index (κ3) is 7.84. The number of ether oxygens (including phenoxy) is 3. The Morgan fingerprint density at radius 2 is 1.73 bits per heavy atom. The molecule has 3 aliphatic carbocycles. The van der Waals surface area contributed by atoms with Crippen molar-refractivity contribution in [3.63, 3.8) is 0 Å². The second kappa shape index (κ2) is 16.0. The maximum absolute atomic E-state index is 12.8. The largest absolute Gasteiger partial charge is 0.535 e. The Morgan fingerprint density at radius 3 is 2.37 bits per heavy atom. The lowest BCUT2D eigenvalue weighted by Gasteiger charge is -2.64. The van der Waals surface area contributed by atoms with Gasteiger partial charge in [-0.1, -0.05) is 39.3 Å². The lowest BCUT2D eigenvalue weighted by Crippen LogP contribution is -2.65. The molecule has 0 spiro atoms. The van der Waals surface area contributed by atoms with Gasteiger partial charge < -0.3 is 38.3 Å². The molecule has 2 bridgehead atoms. The van der Waals surface area contributed by atoms with E-state index in [9.17, 15) is 19.7 Å². The van der Waals surface area contributed by atoms with Crippen LogP contribution in [0.4, 0.5) is 0 Å². The summed E-state index contributed by atoms with van der Waals surface area (Å²) >= 11 is 0. The first kappa shape index (κ1) is 38.0. The van der Waals surface area contributed by atoms with Gasteiger partial charge in [0.1, 0.15) is 40.5 Å². The van der Waals surface area contributed by atoms with Gasteiger partial charge in [0.25, 0.3) is 0 Å². The summed E-state index contributed by atoms with van der Waals surface area (Å²) in [5.41, 5.74) is 2.96. The van der Waals surface area contributed by atoms with E-state index in [2.05, 4.69) is 27.7 Å². The number of nitriles is 2. The zero-order chi connectivity index (χ0) is 36.9. The SMILES string of the molecule is CCCCOC(=O)c1c(OCC#N)ccc(CCB2OC3CC4CC(C4(C)C)[C@]3(C)O2)c1C.N#CCOc1ccc2c(c1C(=O)O)OB(O)CC2. The summed E-state index contributed by atoms with van der Waals surface area (Å²) in [5.74, 6) is 0.245. The van der Waals surface area contributed by atoms with Crippen molar-refractivity contribution in [3.8, 4) is 29.4 Å². The summed E-state index contributed by atoms with van der Waals surface area (Å²) in [7, 11) is -1.24. The Hall–Kier alpha value is -4.23. The number of carbonyl (C=O) groups is 2. The van der Waals surface area contributed by atoms with Gasteiger partial charge in [0.15, 0.2) is 13.2 Å². The summed E-state index contributed by atoms with van der Waals surface area (Å²) in [5, 5.41) is 36.0. The molecule has 0 aromatic heterocycles. The van der Waals surface area contributed by atoms with Crippen LogP contribution in [0.5, 0.6) is 17.2 Å². The van der Waals surface area contributed by atoms with Crippen LogP contribution in [0.15, 0.2) is 24.3 Å². The van der Waals surface area contributed by atoms with Crippen molar-refractivity contribution in [2.45, 2.75) is 97.5 Å². The molecule has 4 atom stereocenters. The lowest BCUT2D eigenvalue weighted by atomic mass is 9.43. The Bertz CT molecular complexity index is 1710. The molecule has 51 heavy (non-hydrogen) atoms. The van der Waals surface area contributed by atoms with E-state index in [0.717, 1.165) is 49.0 Å². The Morgan fingerprint density at radius 1 is 1.04 bits per heavy atom. The van der Waals surface area contributed by atoms with E-state index < -0.39 is 19.1 Å². The van der Waals surface area contributed by atoms with Gasteiger partial charge in [0.05, 0.1) is 18.3 Å². The van der Waals surface area contributed by atoms with Crippen LogP contribution < -0.4 is 14.1 Å². The maximum atomic E-state index is 12.8. The van der Waals surface area contributed by atoms with Gasteiger partial charge >= 0.3 is 26.2 Å². The van der Waals surface area contributed by atoms with Gasteiger partial charge in [-0.05, 0) is 105 Å². The fourth-order valence-electron chi connectivity index (χ4n) is 8.06. The smallest absolute Gasteiger partial charge is 0.522 e. The van der Waals surface area contributed by atoms with Crippen LogP contribution in [0.25, 0.3) is 0 Å². The van der Waals surface area contributed by atoms with Crippen molar-refractivity contribution in [1.82, 2.24) is 0 Å². The van der Waals surface area contributed by atoms with Gasteiger partial charge in [0.2, 0.25) is 0 Å². The first-order valence-corrected chi connectivity index (χ1v) is 17.7. The van der Waals surface area contributed by atoms with Crippen molar-refractivity contribution in [1.29, 1.82) is 10.5 Å². The van der Waals surface area contributed by atoms with Crippen LogP contribution in [-0.2, 0) is 26.9 Å². The average molecular weight is 700 g/mol. The molecular formula is C37H46B2N2O10. The summed E-state index contributed by atoms with van der Waals surface area (Å²) in [6.45, 7) is 10.9. The van der Waals surface area contributed by atoms with E-state index in [1.807, 2.05) is 19.1 Å². The maximum Gasteiger partial charge on any atom is 0.522 e. The number of aromatic carboxylic acids is 1. The van der Waals surface area contributed by atoms with Crippen LogP contribution in [-0.4, -0.2) is 67.8 Å². The number of carboxylic acid groups (broad SMARTS) is 1. The zero-order valence-corrected chi connectivity index (χ0v) is 30.0. The van der Waals surface area contributed by atoms with Gasteiger partial charge in [0, 0.05) is 0 Å². The number of rotatable bonds is 12. The number of unbranched alkanes of at least 4 members (excludes halogenated alkanes) is 1. The summed E-state index contributed by atoms with van der Waals surface area (Å²) in [4.78, 5) is 24.1. The van der Waals surface area contributed by atoms with E-state index in [1.165, 1.54) is 12.5 Å². The highest BCUT2D eigenvalue weighted by atomic mass is 16.7. The quantitative estimate of drug-likeness (QED) is 0.154. The molecule has 14 heteroatoms. The Balaban J connectivity index is 0.000000236. The highest BCUT2D eigenvalue weighted by Gasteiger charge is 2.67. The van der Waals surface area contributed by atoms with Gasteiger partial charge in [-0.15, -0.1) is 0 Å². The van der Waals surface area contributed by atoms with Gasteiger partial charge in [-0.2, -0.15) is 10.5 Å². The Labute approximate surface area is 300 Å². The van der Waals surface area contributed by atoms with Crippen molar-refractivity contribution in [2.24, 2.45) is 17.3 Å². The van der Waals surface area contributed by atoms with Crippen LogP contribution in [0.2, 0.25) is 12.6 Å². The molecule has 2 aromatic carbocycles. The number of aryl methyl sites for hydroxylation is 2. The first-order chi connectivity index (χ1) is 24.3. The van der Waals surface area contributed by atoms with Crippen LogP contribution in [0.1, 0.15) is 90.8 Å². The number of carbonyl (C=O) groups excluding carboxylic acids is 1. The molecule has 4 fully saturated rings. The van der Waals surface area contributed by atoms with Crippen molar-refractivity contribution < 1.29 is 47.9 Å². The summed E-state index contributed by atoms with van der Waals surface area (Å²) in [6, 6.07) is 10.6. The van der Waals surface area contributed by atoms with Gasteiger partial charge in [-0.25, -0.2) is 9.59 Å². The van der Waals surface area contributed by atoms with Crippen molar-refractivity contribution in [3.05, 3.63) is 52.1 Å². The van der Waals surface area contributed by atoms with E-state index in [1.54, 1.807) is 18.2 Å². The molecule has 1 saturated heterocycles. The van der Waals surface area contributed by atoms with Crippen LogP contribution in [0.3, 0.4) is 0 Å². The number of esters is 1. The predicted molar refractivity (Wildman–Crippen MR) is 188 cm³/mol. The minimum absolute atomic E-state index is 0.0666. The fourth-order valence-corrected chi connectivity index (χ4v) is 8.06. The highest BCUT2D eigenvalue weighted by Crippen LogP contribution is 2.65. The zero-order valence-electron chi connectivity index (χ0n) is 30.0. The molecule has 2 heterocycles. The average Bonchev–Trinajstić information content (AvgIpc) is 3.45. The lowest BCUT2D eigenvalue weighted by molar-refractivity contribution is -0.199. The number of carboxylic acids is 1. The van der Waals surface area contributed by atoms with E-state index in [0.29, 0.717) is 47.6 Å². The monoisotopic (exact) mass is 700 g/mol. The minimum atomic E-state index is -1.21. The molecule has 2 aromatic rings. The summed E-state index contributed by atoms with van der Waals surface area (Å²) < 4.78 is 34.1. The summed E-state index contributed by atoms with van der Waals surface area (Å²) in [6.07, 6.45) is 6.67. The van der Waals surface area contributed by atoms with Gasteiger partial charge in [-0.3, -0.25) is 0 Å². The second-order valence-electron chi connectivity index (χ2n) is 14.4. The normalized spacial score (nSPS) is 23.5. The van der Waals surface area contributed by atoms with Crippen molar-refractivity contribution >= 4 is 26.2 Å². The van der Waals surface area contributed by atoms with E-state index in [4.69, 9.17) is 38.7 Å². The number of nitrogens with zero attached hydrogens (tertiary/aromatic N) is 2. The molecule has 2 N–H and O–H groups in total. The molecule has 0 amide bonds. The topological polar surface area (TPSA) is 178 Å². The number of fused-ring (bicyclic) bond motifs is 1. The fraction of sp³-hybridized carbons (Fsp3) is 0.568. The second-order valence-corrected chi connectivity index (χ2v) is 14.4. The molecule has 5 aliphatic rings. The van der Waals surface area contributed by atoms with Crippen molar-refractivity contribution in [2.75, 3.05) is 19.8 Å². The first-order valence-electron chi connectivity index (χ1n) is 17.7. The minimum Gasteiger partial charge on any atom is -0.535 e. The van der Waals surface area contributed by atoms with E-state index in [-0.39, 0.29) is 49.1 Å². The molecule has 0 radical (unpaired) electrons. The Kier molecular flexibility index (Phi) is 11.9. The molecule has 270 valence electrons. The molecule has 2 aliphatic heterocycles. The third-order valence-electron chi connectivity index (χ3n) is 11.0. The predicted octanol–water partition coefficient (Wildman–Crippen LogP) is 5.83. The van der Waals surface area contributed by atoms with E-state index >= 15 is 0 Å². The molecule has 3 unspecified atom stereocenters. The van der Waals surface area contributed by atoms with Crippen LogP contribution >= 0.6 is 0 Å². The number of benzene rings is 2. The standard InChI is InChI=1S/C26H36BNO5.C11H10BNO5/c1-6-7-13-31-24(29)23-17(2)18(8-9-20(23)30-14-12-28)10-11-27-32-22-16-19-15-21(25(19,3)4)26(22,5)33-27;13-5-6-17-8-2-1-7-3-4-12(16)18-10(7)9(8)11(14)15/h8-9,19,21-22H,6-7,10-11,13-16H2,1-5H3;1-2,16H,3-4,6H2,(H,14,15)/t19?,21?,22?,26-;/m0./s1. The molecule has 3 saturated carbocycles. The third-order valence-corrected chi connectivity index (χ3v) is 11.0. The number of hydrogen-bond donors (Lipinski definition) is 2. The molecule has 12 nitrogen and oxygen atoms in total. The molecular weight excluding hydrogens is 654 g/mol.